The van der Waals surface area contributed by atoms with Crippen LogP contribution in [0.25, 0.3) is 0 Å². The van der Waals surface area contributed by atoms with Crippen molar-refractivity contribution in [3.05, 3.63) is 75.1 Å². The van der Waals surface area contributed by atoms with Gasteiger partial charge >= 0.3 is 0 Å². The maximum atomic E-state index is 13.3. The Morgan fingerprint density at radius 2 is 2.03 bits per heavy atom. The summed E-state index contributed by atoms with van der Waals surface area (Å²) in [4.78, 5) is 27.2. The van der Waals surface area contributed by atoms with Crippen LogP contribution in [0.4, 0.5) is 14.5 Å². The second-order valence-electron chi connectivity index (χ2n) is 7.29. The second-order valence-corrected chi connectivity index (χ2v) is 8.15. The highest BCUT2D eigenvalue weighted by Crippen LogP contribution is 2.30. The molecule has 0 heterocycles. The number of hydrogen-bond donors (Lipinski definition) is 2. The van der Waals surface area contributed by atoms with Crippen LogP contribution in [0.3, 0.4) is 0 Å². The van der Waals surface area contributed by atoms with Crippen molar-refractivity contribution in [1.82, 2.24) is 5.32 Å². The fourth-order valence-electron chi connectivity index (χ4n) is 3.06. The maximum absolute atomic E-state index is 13.3. The van der Waals surface area contributed by atoms with Gasteiger partial charge in [-0.15, -0.1) is 12.3 Å². The number of nitrogens with zero attached hydrogens (tertiary/aromatic N) is 1. The Morgan fingerprint density at radius 1 is 1.34 bits per heavy atom. The van der Waals surface area contributed by atoms with Crippen LogP contribution in [0.2, 0.25) is 0 Å². The number of aliphatic hydroxyl groups is 1. The van der Waals surface area contributed by atoms with Crippen LogP contribution < -0.4 is 10.2 Å². The van der Waals surface area contributed by atoms with Crippen LogP contribution in [0.15, 0.2) is 58.5 Å². The molecule has 0 bridgehead atoms. The molecular weight excluding hydrogens is 522 g/mol. The number of terminal acetylenes is 1. The Balaban J connectivity index is 3.36. The maximum Gasteiger partial charge on any atom is 0.276 e. The summed E-state index contributed by atoms with van der Waals surface area (Å²) >= 11 is 3.17. The van der Waals surface area contributed by atoms with E-state index in [0.29, 0.717) is 28.1 Å². The number of ether oxygens (including phenoxy) is 1. The van der Waals surface area contributed by atoms with E-state index in [9.17, 15) is 23.5 Å². The van der Waals surface area contributed by atoms with Crippen LogP contribution in [-0.4, -0.2) is 37.2 Å². The number of hydrogen-bond acceptors (Lipinski definition) is 4. The number of nitrogens with one attached hydrogen (secondary N) is 1. The number of halogens is 3. The fourth-order valence-corrected chi connectivity index (χ4v) is 3.37. The smallest absolute Gasteiger partial charge is 0.276 e. The monoisotopic (exact) mass is 550 g/mol. The van der Waals surface area contributed by atoms with E-state index in [4.69, 9.17) is 11.2 Å². The summed E-state index contributed by atoms with van der Waals surface area (Å²) in [5.74, 6) is 1.43. The molecule has 0 radical (unpaired) electrons. The fraction of sp³-hybridized carbons (Fsp3) is 0.308. The zero-order chi connectivity index (χ0) is 26.5. The Labute approximate surface area is 213 Å². The molecule has 35 heavy (non-hydrogen) atoms. The summed E-state index contributed by atoms with van der Waals surface area (Å²) in [6, 6.07) is 3.33. The average molecular weight is 551 g/mol. The highest BCUT2D eigenvalue weighted by atomic mass is 79.9. The van der Waals surface area contributed by atoms with Gasteiger partial charge in [0.2, 0.25) is 0 Å². The van der Waals surface area contributed by atoms with Crippen molar-refractivity contribution < 1.29 is 28.2 Å². The number of benzene rings is 1. The molecule has 0 fully saturated rings. The first-order valence-corrected chi connectivity index (χ1v) is 11.5. The molecule has 2 amide bonds. The molecule has 2 N–H and O–H groups in total. The minimum Gasteiger partial charge on any atom is -0.495 e. The van der Waals surface area contributed by atoms with Crippen molar-refractivity contribution in [2.75, 3.05) is 25.2 Å². The van der Waals surface area contributed by atoms with Crippen molar-refractivity contribution >= 4 is 33.4 Å². The Hall–Kier alpha value is -3.22. The third-order valence-corrected chi connectivity index (χ3v) is 5.44. The van der Waals surface area contributed by atoms with Crippen LogP contribution in [0.5, 0.6) is 0 Å². The van der Waals surface area contributed by atoms with Crippen LogP contribution in [0.1, 0.15) is 41.8 Å². The van der Waals surface area contributed by atoms with E-state index in [-0.39, 0.29) is 35.4 Å². The molecule has 188 valence electrons. The van der Waals surface area contributed by atoms with Gasteiger partial charge < -0.3 is 15.2 Å². The second kappa shape index (κ2) is 14.9. The molecule has 0 aliphatic heterocycles. The summed E-state index contributed by atoms with van der Waals surface area (Å²) in [7, 11) is 1.49. The van der Waals surface area contributed by atoms with Crippen molar-refractivity contribution in [2.24, 2.45) is 0 Å². The highest BCUT2D eigenvalue weighted by molar-refractivity contribution is 9.12. The van der Waals surface area contributed by atoms with Crippen molar-refractivity contribution in [1.29, 1.82) is 0 Å². The Morgan fingerprint density at radius 3 is 2.57 bits per heavy atom. The molecule has 0 saturated carbocycles. The zero-order valence-corrected chi connectivity index (χ0v) is 21.7. The molecule has 6 nitrogen and oxygen atoms in total. The summed E-state index contributed by atoms with van der Waals surface area (Å²) in [6.45, 7) is 4.64. The number of allylic oxidation sites excluding steroid dienone is 3. The van der Waals surface area contributed by atoms with Gasteiger partial charge in [-0.3, -0.25) is 14.5 Å². The lowest BCUT2D eigenvalue weighted by molar-refractivity contribution is -0.114. The lowest BCUT2D eigenvalue weighted by Crippen LogP contribution is -2.31. The quantitative estimate of drug-likeness (QED) is 0.173. The molecule has 0 saturated heterocycles. The van der Waals surface area contributed by atoms with Crippen LogP contribution >= 0.6 is 15.9 Å². The predicted molar refractivity (Wildman–Crippen MR) is 137 cm³/mol. The minimum atomic E-state index is -1.92. The van der Waals surface area contributed by atoms with Crippen molar-refractivity contribution in [2.45, 2.75) is 33.6 Å². The molecule has 0 aromatic heterocycles. The minimum absolute atomic E-state index is 0.0229. The molecule has 0 aliphatic carbocycles. The number of rotatable bonds is 11. The molecule has 1 aromatic carbocycles. The van der Waals surface area contributed by atoms with Gasteiger partial charge in [0.05, 0.1) is 11.3 Å². The van der Waals surface area contributed by atoms with E-state index in [0.717, 1.165) is 6.26 Å². The van der Waals surface area contributed by atoms with Gasteiger partial charge in [0.1, 0.15) is 17.4 Å². The standard InChI is InChI=1S/C26H29BrF2N2O4/c1-6-8-9-10-20(24(28)29)15-35-16-22(27)26(34)31(18(4)7-2)23-14-21(25(33)30-5)19(11-12-32)13-17(23)3/h1,7,9-10,13-14,16,32H,8,11-12,15H2,2-5H3,(H,30,33)/b10-9-,18-7-,22-16-. The lowest BCUT2D eigenvalue weighted by atomic mass is 9.98. The lowest BCUT2D eigenvalue weighted by Gasteiger charge is -2.26. The number of anilines is 1. The first-order chi connectivity index (χ1) is 16.6. The van der Waals surface area contributed by atoms with E-state index in [1.54, 1.807) is 39.0 Å². The Bertz CT molecular complexity index is 1100. The van der Waals surface area contributed by atoms with Gasteiger partial charge in [0.25, 0.3) is 17.9 Å². The van der Waals surface area contributed by atoms with Crippen molar-refractivity contribution in [3.63, 3.8) is 0 Å². The third-order valence-electron chi connectivity index (χ3n) is 4.92. The SMILES string of the molecule is C#CC/C=C\C(CO/C=C(\Br)C(=O)N(/C(C)=C\C)c1cc(C(=O)NC)c(CCO)cc1C)=C(F)F. The number of aryl methyl sites for hydroxylation is 1. The molecule has 1 aromatic rings. The first kappa shape index (κ1) is 29.8. The first-order valence-electron chi connectivity index (χ1n) is 10.7. The van der Waals surface area contributed by atoms with Crippen LogP contribution in [-0.2, 0) is 16.0 Å². The molecule has 0 aliphatic rings. The molecule has 9 heteroatoms. The van der Waals surface area contributed by atoms with Gasteiger partial charge in [-0.25, -0.2) is 0 Å². The summed E-state index contributed by atoms with van der Waals surface area (Å²) in [5, 5.41) is 11.9. The van der Waals surface area contributed by atoms with Gasteiger partial charge in [-0.1, -0.05) is 24.3 Å². The predicted octanol–water partition coefficient (Wildman–Crippen LogP) is 5.13. The third kappa shape index (κ3) is 8.50. The zero-order valence-electron chi connectivity index (χ0n) is 20.1. The topological polar surface area (TPSA) is 78.9 Å². The van der Waals surface area contributed by atoms with E-state index < -0.39 is 18.6 Å². The van der Waals surface area contributed by atoms with Gasteiger partial charge in [0, 0.05) is 31.3 Å². The average Bonchev–Trinajstić information content (AvgIpc) is 2.83. The molecule has 0 atom stereocenters. The number of carbonyl (C=O) groups excluding carboxylic acids is 2. The summed E-state index contributed by atoms with van der Waals surface area (Å²) in [6.07, 6.45) is 9.01. The van der Waals surface area contributed by atoms with Gasteiger partial charge in [0.15, 0.2) is 0 Å². The van der Waals surface area contributed by atoms with Gasteiger partial charge in [-0.2, -0.15) is 8.78 Å². The van der Waals surface area contributed by atoms with E-state index in [2.05, 4.69) is 27.2 Å². The summed E-state index contributed by atoms with van der Waals surface area (Å²) < 4.78 is 31.4. The normalized spacial score (nSPS) is 11.7. The number of amides is 2. The highest BCUT2D eigenvalue weighted by Gasteiger charge is 2.24. The molecule has 0 unspecified atom stereocenters. The van der Waals surface area contributed by atoms with E-state index in [1.165, 1.54) is 24.1 Å². The molecule has 1 rings (SSSR count). The molecule has 0 spiro atoms. The van der Waals surface area contributed by atoms with Gasteiger partial charge in [-0.05, 0) is 60.3 Å². The molecular formula is C26H29BrF2N2O4. The van der Waals surface area contributed by atoms with E-state index in [1.807, 2.05) is 0 Å². The number of carbonyl (C=O) groups is 2. The van der Waals surface area contributed by atoms with Crippen molar-refractivity contribution in [3.8, 4) is 12.3 Å². The Kier molecular flexibility index (Phi) is 12.7. The van der Waals surface area contributed by atoms with E-state index >= 15 is 0 Å². The largest absolute Gasteiger partial charge is 0.495 e. The summed E-state index contributed by atoms with van der Waals surface area (Å²) in [5.41, 5.74) is 2.31. The number of aliphatic hydroxyl groups excluding tert-OH is 1. The van der Waals surface area contributed by atoms with Crippen LogP contribution in [0, 0.1) is 19.3 Å².